The van der Waals surface area contributed by atoms with E-state index in [1.165, 1.54) is 7.11 Å². The van der Waals surface area contributed by atoms with Gasteiger partial charge < -0.3 is 10.5 Å². The van der Waals surface area contributed by atoms with Gasteiger partial charge in [0, 0.05) is 36.9 Å². The van der Waals surface area contributed by atoms with E-state index in [1.54, 1.807) is 9.80 Å². The minimum atomic E-state index is -0.222. The lowest BCUT2D eigenvalue weighted by molar-refractivity contribution is -0.140. The van der Waals surface area contributed by atoms with Gasteiger partial charge in [-0.2, -0.15) is 0 Å². The molecule has 2 aromatic carbocycles. The summed E-state index contributed by atoms with van der Waals surface area (Å²) in [5.74, 6) is 0.139. The fourth-order valence-electron chi connectivity index (χ4n) is 3.47. The number of ether oxygens (including phenoxy) is 1. The van der Waals surface area contributed by atoms with Gasteiger partial charge in [-0.05, 0) is 47.7 Å². The van der Waals surface area contributed by atoms with E-state index in [9.17, 15) is 9.59 Å². The number of esters is 1. The van der Waals surface area contributed by atoms with Crippen LogP contribution in [-0.4, -0.2) is 32.2 Å². The fourth-order valence-corrected chi connectivity index (χ4v) is 3.47. The summed E-state index contributed by atoms with van der Waals surface area (Å²) >= 11 is 0. The van der Waals surface area contributed by atoms with Crippen LogP contribution in [0.4, 0.5) is 16.2 Å². The van der Waals surface area contributed by atoms with Gasteiger partial charge in [0.05, 0.1) is 7.11 Å². The lowest BCUT2D eigenvalue weighted by Crippen LogP contribution is -2.31. The molecular formula is C23H29N3O3. The summed E-state index contributed by atoms with van der Waals surface area (Å²) in [6.07, 6.45) is 0.973. The molecule has 2 aromatic rings. The van der Waals surface area contributed by atoms with Gasteiger partial charge in [-0.25, -0.2) is 4.79 Å². The molecule has 3 rings (SSSR count). The fraction of sp³-hybridized carbons (Fsp3) is 0.391. The molecule has 0 spiro atoms. The predicted molar refractivity (Wildman–Crippen MR) is 115 cm³/mol. The normalized spacial score (nSPS) is 15.1. The van der Waals surface area contributed by atoms with E-state index in [2.05, 4.69) is 18.6 Å². The van der Waals surface area contributed by atoms with Crippen LogP contribution in [-0.2, 0) is 16.0 Å². The maximum atomic E-state index is 12.9. The third kappa shape index (κ3) is 4.77. The molecule has 0 saturated carbocycles. The number of urea groups is 1. The van der Waals surface area contributed by atoms with Crippen molar-refractivity contribution in [3.05, 3.63) is 59.7 Å². The van der Waals surface area contributed by atoms with Crippen LogP contribution in [0.1, 0.15) is 37.4 Å². The summed E-state index contributed by atoms with van der Waals surface area (Å²) in [5.41, 5.74) is 10.1. The maximum Gasteiger partial charge on any atom is 0.329 e. The quantitative estimate of drug-likeness (QED) is 0.722. The van der Waals surface area contributed by atoms with E-state index in [1.807, 2.05) is 48.5 Å². The topological polar surface area (TPSA) is 75.9 Å². The first-order valence-electron chi connectivity index (χ1n) is 10.0. The minimum Gasteiger partial charge on any atom is -0.469 e. The minimum absolute atomic E-state index is 0.00692. The number of methoxy groups -OCH3 is 1. The third-order valence-corrected chi connectivity index (χ3v) is 5.41. The Morgan fingerprint density at radius 1 is 1.00 bits per heavy atom. The molecule has 2 amide bonds. The van der Waals surface area contributed by atoms with Gasteiger partial charge in [0.25, 0.3) is 0 Å². The zero-order chi connectivity index (χ0) is 21.0. The number of rotatable bonds is 7. The zero-order valence-corrected chi connectivity index (χ0v) is 17.3. The second-order valence-corrected chi connectivity index (χ2v) is 7.69. The largest absolute Gasteiger partial charge is 0.469 e. The molecule has 0 radical (unpaired) electrons. The monoisotopic (exact) mass is 395 g/mol. The Labute approximate surface area is 172 Å². The van der Waals surface area contributed by atoms with Crippen LogP contribution < -0.4 is 15.5 Å². The van der Waals surface area contributed by atoms with E-state index in [0.717, 1.165) is 22.5 Å². The van der Waals surface area contributed by atoms with Crippen LogP contribution in [0, 0.1) is 5.92 Å². The van der Waals surface area contributed by atoms with Gasteiger partial charge in [-0.15, -0.1) is 0 Å². The van der Waals surface area contributed by atoms with Crippen LogP contribution in [0.3, 0.4) is 0 Å². The molecule has 1 atom stereocenters. The smallest absolute Gasteiger partial charge is 0.329 e. The van der Waals surface area contributed by atoms with Crippen LogP contribution in [0.25, 0.3) is 0 Å². The van der Waals surface area contributed by atoms with E-state index in [-0.39, 0.29) is 18.0 Å². The van der Waals surface area contributed by atoms with Crippen LogP contribution in [0.5, 0.6) is 0 Å². The van der Waals surface area contributed by atoms with E-state index >= 15 is 0 Å². The summed E-state index contributed by atoms with van der Waals surface area (Å²) in [5, 5.41) is 0. The Hall–Kier alpha value is -2.86. The summed E-state index contributed by atoms with van der Waals surface area (Å²) in [6.45, 7) is 5.47. The number of nitrogens with zero attached hydrogens (tertiary/aromatic N) is 2. The first-order chi connectivity index (χ1) is 13.9. The maximum absolute atomic E-state index is 12.9. The van der Waals surface area contributed by atoms with E-state index in [0.29, 0.717) is 31.8 Å². The number of carbonyl (C=O) groups excluding carboxylic acids is 2. The second kappa shape index (κ2) is 9.09. The number of hydrogen-bond donors (Lipinski definition) is 1. The molecule has 1 heterocycles. The number of benzene rings is 2. The summed E-state index contributed by atoms with van der Waals surface area (Å²) < 4.78 is 4.67. The van der Waals surface area contributed by atoms with Crippen molar-refractivity contribution in [1.82, 2.24) is 0 Å². The number of amides is 2. The average molecular weight is 396 g/mol. The molecule has 29 heavy (non-hydrogen) atoms. The Morgan fingerprint density at radius 3 is 2.00 bits per heavy atom. The first kappa shape index (κ1) is 20.9. The third-order valence-electron chi connectivity index (χ3n) is 5.41. The van der Waals surface area contributed by atoms with Crippen LogP contribution >= 0.6 is 0 Å². The Kier molecular flexibility index (Phi) is 6.54. The number of carbonyl (C=O) groups is 2. The van der Waals surface area contributed by atoms with Gasteiger partial charge in [0.15, 0.2) is 0 Å². The SMILES string of the molecule is COC(=O)CCc1ccc(N2CCN(c3ccc(C(N)C(C)C)cc3)C2=O)cc1. The average Bonchev–Trinajstić information content (AvgIpc) is 3.13. The summed E-state index contributed by atoms with van der Waals surface area (Å²) in [7, 11) is 1.39. The molecule has 154 valence electrons. The van der Waals surface area contributed by atoms with Crippen molar-refractivity contribution in [3.63, 3.8) is 0 Å². The molecule has 1 unspecified atom stereocenters. The highest BCUT2D eigenvalue weighted by molar-refractivity contribution is 6.06. The van der Waals surface area contributed by atoms with Crippen molar-refractivity contribution >= 4 is 23.4 Å². The highest BCUT2D eigenvalue weighted by atomic mass is 16.5. The molecule has 2 N–H and O–H groups in total. The van der Waals surface area contributed by atoms with Crippen LogP contribution in [0.2, 0.25) is 0 Å². The van der Waals surface area contributed by atoms with Crippen molar-refractivity contribution in [2.45, 2.75) is 32.7 Å². The molecule has 0 bridgehead atoms. The lowest BCUT2D eigenvalue weighted by Gasteiger charge is -2.20. The Morgan fingerprint density at radius 2 is 1.52 bits per heavy atom. The van der Waals surface area contributed by atoms with Crippen LogP contribution in [0.15, 0.2) is 48.5 Å². The molecule has 1 fully saturated rings. The van der Waals surface area contributed by atoms with Crippen molar-refractivity contribution in [2.75, 3.05) is 30.0 Å². The molecule has 6 nitrogen and oxygen atoms in total. The van der Waals surface area contributed by atoms with E-state index < -0.39 is 0 Å². The molecule has 6 heteroatoms. The summed E-state index contributed by atoms with van der Waals surface area (Å²) in [6, 6.07) is 15.7. The number of anilines is 2. The van der Waals surface area contributed by atoms with Gasteiger partial charge in [0.2, 0.25) is 0 Å². The van der Waals surface area contributed by atoms with E-state index in [4.69, 9.17) is 5.73 Å². The van der Waals surface area contributed by atoms with Crippen molar-refractivity contribution in [1.29, 1.82) is 0 Å². The predicted octanol–water partition coefficient (Wildman–Crippen LogP) is 3.89. The number of aryl methyl sites for hydroxylation is 1. The Balaban J connectivity index is 1.66. The van der Waals surface area contributed by atoms with Crippen molar-refractivity contribution in [3.8, 4) is 0 Å². The van der Waals surface area contributed by atoms with Gasteiger partial charge >= 0.3 is 12.0 Å². The van der Waals surface area contributed by atoms with Gasteiger partial charge in [-0.1, -0.05) is 38.1 Å². The standard InChI is InChI=1S/C23H29N3O3/c1-16(2)22(24)18-7-11-20(12-8-18)26-15-14-25(23(26)28)19-9-4-17(5-10-19)6-13-21(27)29-3/h4-5,7-12,16,22H,6,13-15,24H2,1-3H3. The highest BCUT2D eigenvalue weighted by Crippen LogP contribution is 2.27. The zero-order valence-electron chi connectivity index (χ0n) is 17.3. The molecule has 1 saturated heterocycles. The van der Waals surface area contributed by atoms with Crippen molar-refractivity contribution in [2.24, 2.45) is 11.7 Å². The Bertz CT molecular complexity index is 847. The molecule has 1 aliphatic rings. The second-order valence-electron chi connectivity index (χ2n) is 7.69. The lowest BCUT2D eigenvalue weighted by atomic mass is 9.97. The molecule has 1 aliphatic heterocycles. The molecular weight excluding hydrogens is 366 g/mol. The van der Waals surface area contributed by atoms with Crippen molar-refractivity contribution < 1.29 is 14.3 Å². The highest BCUT2D eigenvalue weighted by Gasteiger charge is 2.30. The molecule has 0 aliphatic carbocycles. The number of hydrogen-bond acceptors (Lipinski definition) is 4. The summed E-state index contributed by atoms with van der Waals surface area (Å²) in [4.78, 5) is 27.8. The van der Waals surface area contributed by atoms with Gasteiger partial charge in [-0.3, -0.25) is 14.6 Å². The first-order valence-corrected chi connectivity index (χ1v) is 10.0. The number of nitrogens with two attached hydrogens (primary N) is 1. The molecule has 0 aromatic heterocycles. The van der Waals surface area contributed by atoms with Gasteiger partial charge in [0.1, 0.15) is 0 Å².